The Balaban J connectivity index is 1.83. The smallest absolute Gasteiger partial charge is 0.277 e. The Bertz CT molecular complexity index is 774. The molecule has 1 amide bonds. The van der Waals surface area contributed by atoms with Gasteiger partial charge in [0.25, 0.3) is 5.91 Å². The molecule has 0 spiro atoms. The lowest BCUT2D eigenvalue weighted by Crippen LogP contribution is -2.29. The maximum Gasteiger partial charge on any atom is 0.277 e. The van der Waals surface area contributed by atoms with E-state index in [2.05, 4.69) is 10.5 Å². The molecular formula is C18H17N2O6-. The topological polar surface area (TPSA) is 109 Å². The number of aliphatic carboxylic acids is 1. The molecule has 2 aromatic rings. The molecule has 1 N–H and O–H groups in total. The third kappa shape index (κ3) is 6.16. The first-order chi connectivity index (χ1) is 12.6. The van der Waals surface area contributed by atoms with Gasteiger partial charge in [-0.3, -0.25) is 4.79 Å². The SMILES string of the molecule is COc1ccc(OCC(=O)N/N=C\c2ccccc2OCC(=O)[O-])cc1. The minimum atomic E-state index is -1.33. The maximum absolute atomic E-state index is 11.7. The van der Waals surface area contributed by atoms with Crippen LogP contribution in [0.1, 0.15) is 5.56 Å². The first kappa shape index (κ1) is 18.8. The molecule has 8 nitrogen and oxygen atoms in total. The van der Waals surface area contributed by atoms with Gasteiger partial charge >= 0.3 is 0 Å². The number of carboxylic acids is 1. The number of nitrogens with zero attached hydrogens (tertiary/aromatic N) is 1. The van der Waals surface area contributed by atoms with Crippen LogP contribution in [0.5, 0.6) is 17.2 Å². The average molecular weight is 357 g/mol. The fraction of sp³-hybridized carbons (Fsp3) is 0.167. The van der Waals surface area contributed by atoms with Gasteiger partial charge in [-0.05, 0) is 36.4 Å². The Morgan fingerprint density at radius 2 is 1.73 bits per heavy atom. The summed E-state index contributed by atoms with van der Waals surface area (Å²) < 4.78 is 15.4. The van der Waals surface area contributed by atoms with E-state index in [1.54, 1.807) is 55.6 Å². The highest BCUT2D eigenvalue weighted by molar-refractivity contribution is 5.85. The molecule has 0 saturated heterocycles. The molecule has 0 saturated carbocycles. The fourth-order valence-electron chi connectivity index (χ4n) is 1.88. The molecule has 8 heteroatoms. The number of para-hydroxylation sites is 1. The molecule has 0 radical (unpaired) electrons. The first-order valence-corrected chi connectivity index (χ1v) is 7.59. The van der Waals surface area contributed by atoms with Gasteiger partial charge in [-0.1, -0.05) is 12.1 Å². The third-order valence-electron chi connectivity index (χ3n) is 3.09. The van der Waals surface area contributed by atoms with Crippen molar-refractivity contribution in [2.45, 2.75) is 0 Å². The van der Waals surface area contributed by atoms with Crippen LogP contribution in [0.4, 0.5) is 0 Å². The second-order valence-electron chi connectivity index (χ2n) is 4.96. The van der Waals surface area contributed by atoms with Crippen molar-refractivity contribution in [2.24, 2.45) is 5.10 Å². The summed E-state index contributed by atoms with van der Waals surface area (Å²) in [5.74, 6) is -0.271. The number of carbonyl (C=O) groups is 2. The van der Waals surface area contributed by atoms with Gasteiger partial charge in [-0.15, -0.1) is 0 Å². The summed E-state index contributed by atoms with van der Waals surface area (Å²) in [5, 5.41) is 14.3. The van der Waals surface area contributed by atoms with Crippen LogP contribution in [0.3, 0.4) is 0 Å². The lowest BCUT2D eigenvalue weighted by molar-refractivity contribution is -0.307. The van der Waals surface area contributed by atoms with Crippen LogP contribution in [0.15, 0.2) is 53.6 Å². The van der Waals surface area contributed by atoms with Gasteiger partial charge < -0.3 is 24.1 Å². The molecule has 26 heavy (non-hydrogen) atoms. The highest BCUT2D eigenvalue weighted by atomic mass is 16.5. The zero-order valence-corrected chi connectivity index (χ0v) is 14.0. The number of hydrazone groups is 1. The maximum atomic E-state index is 11.7. The van der Waals surface area contributed by atoms with Crippen LogP contribution in [0, 0.1) is 0 Å². The molecule has 0 bridgehead atoms. The number of amides is 1. The molecule has 0 aliphatic heterocycles. The number of methoxy groups -OCH3 is 1. The summed E-state index contributed by atoms with van der Waals surface area (Å²) in [6.07, 6.45) is 1.34. The normalized spacial score (nSPS) is 10.3. The Morgan fingerprint density at radius 3 is 2.42 bits per heavy atom. The van der Waals surface area contributed by atoms with E-state index < -0.39 is 18.5 Å². The van der Waals surface area contributed by atoms with Gasteiger partial charge in [0.15, 0.2) is 6.61 Å². The molecule has 2 aromatic carbocycles. The molecule has 2 rings (SSSR count). The Kier molecular flexibility index (Phi) is 6.99. The van der Waals surface area contributed by atoms with E-state index in [0.717, 1.165) is 0 Å². The molecule has 0 aromatic heterocycles. The molecule has 0 heterocycles. The van der Waals surface area contributed by atoms with Crippen molar-refractivity contribution < 1.29 is 28.9 Å². The van der Waals surface area contributed by atoms with Crippen molar-refractivity contribution in [3.05, 3.63) is 54.1 Å². The Hall–Kier alpha value is -3.55. The zero-order chi connectivity index (χ0) is 18.8. The summed E-state index contributed by atoms with van der Waals surface area (Å²) in [7, 11) is 1.56. The molecule has 0 unspecified atom stereocenters. The number of ether oxygens (including phenoxy) is 3. The number of hydrogen-bond acceptors (Lipinski definition) is 7. The summed E-state index contributed by atoms with van der Waals surface area (Å²) in [6.45, 7) is -0.792. The van der Waals surface area contributed by atoms with E-state index in [1.807, 2.05) is 0 Å². The van der Waals surface area contributed by atoms with Crippen LogP contribution in [-0.4, -0.2) is 38.4 Å². The number of nitrogens with one attached hydrogen (secondary N) is 1. The number of rotatable bonds is 9. The third-order valence-corrected chi connectivity index (χ3v) is 3.09. The second kappa shape index (κ2) is 9.67. The van der Waals surface area contributed by atoms with E-state index in [9.17, 15) is 14.7 Å². The molecule has 0 atom stereocenters. The predicted octanol–water partition coefficient (Wildman–Crippen LogP) is 0.353. The lowest BCUT2D eigenvalue weighted by atomic mass is 10.2. The quantitative estimate of drug-likeness (QED) is 0.512. The minimum absolute atomic E-state index is 0.216. The van der Waals surface area contributed by atoms with E-state index >= 15 is 0 Å². The molecule has 0 aliphatic rings. The van der Waals surface area contributed by atoms with E-state index in [1.165, 1.54) is 6.21 Å². The van der Waals surface area contributed by atoms with E-state index in [0.29, 0.717) is 22.8 Å². The first-order valence-electron chi connectivity index (χ1n) is 7.59. The summed E-state index contributed by atoms with van der Waals surface area (Å²) in [6, 6.07) is 13.4. The lowest BCUT2D eigenvalue weighted by Gasteiger charge is -2.09. The second-order valence-corrected chi connectivity index (χ2v) is 4.96. The van der Waals surface area contributed by atoms with Gasteiger partial charge in [0.1, 0.15) is 23.9 Å². The van der Waals surface area contributed by atoms with Gasteiger partial charge in [-0.25, -0.2) is 5.43 Å². The van der Waals surface area contributed by atoms with Crippen molar-refractivity contribution >= 4 is 18.1 Å². The van der Waals surface area contributed by atoms with Crippen LogP contribution in [-0.2, 0) is 9.59 Å². The van der Waals surface area contributed by atoms with Crippen molar-refractivity contribution in [1.82, 2.24) is 5.43 Å². The van der Waals surface area contributed by atoms with Gasteiger partial charge in [-0.2, -0.15) is 5.10 Å². The van der Waals surface area contributed by atoms with Crippen molar-refractivity contribution in [1.29, 1.82) is 0 Å². The summed E-state index contributed by atoms with van der Waals surface area (Å²) in [4.78, 5) is 22.2. The molecule has 136 valence electrons. The minimum Gasteiger partial charge on any atom is -0.546 e. The van der Waals surface area contributed by atoms with Gasteiger partial charge in [0.05, 0.1) is 19.3 Å². The fourth-order valence-corrected chi connectivity index (χ4v) is 1.88. The number of hydrogen-bond donors (Lipinski definition) is 1. The molecule has 0 fully saturated rings. The van der Waals surface area contributed by atoms with E-state index in [-0.39, 0.29) is 6.61 Å². The van der Waals surface area contributed by atoms with Gasteiger partial charge in [0, 0.05) is 5.56 Å². The van der Waals surface area contributed by atoms with Crippen molar-refractivity contribution in [3.63, 3.8) is 0 Å². The average Bonchev–Trinajstić information content (AvgIpc) is 2.66. The zero-order valence-electron chi connectivity index (χ0n) is 14.0. The van der Waals surface area contributed by atoms with E-state index in [4.69, 9.17) is 14.2 Å². The van der Waals surface area contributed by atoms with Crippen LogP contribution in [0.2, 0.25) is 0 Å². The highest BCUT2D eigenvalue weighted by Gasteiger charge is 2.03. The van der Waals surface area contributed by atoms with Crippen LogP contribution < -0.4 is 24.7 Å². The number of carbonyl (C=O) groups excluding carboxylic acids is 2. The monoisotopic (exact) mass is 357 g/mol. The van der Waals surface area contributed by atoms with Crippen LogP contribution in [0.25, 0.3) is 0 Å². The highest BCUT2D eigenvalue weighted by Crippen LogP contribution is 2.17. The number of benzene rings is 2. The standard InChI is InChI=1S/C18H18N2O6/c1-24-14-6-8-15(9-7-14)25-11-17(21)20-19-10-13-4-2-3-5-16(13)26-12-18(22)23/h2-10H,11-12H2,1H3,(H,20,21)(H,22,23)/p-1/b19-10-. The predicted molar refractivity (Wildman–Crippen MR) is 91.2 cm³/mol. The largest absolute Gasteiger partial charge is 0.546 e. The summed E-state index contributed by atoms with van der Waals surface area (Å²) >= 11 is 0. The Morgan fingerprint density at radius 1 is 1.04 bits per heavy atom. The number of carboxylic acid groups (broad SMARTS) is 1. The molecular weight excluding hydrogens is 340 g/mol. The Labute approximate surface area is 150 Å². The summed E-state index contributed by atoms with van der Waals surface area (Å²) in [5.41, 5.74) is 2.82. The van der Waals surface area contributed by atoms with Gasteiger partial charge in [0.2, 0.25) is 0 Å². The van der Waals surface area contributed by atoms with Crippen LogP contribution >= 0.6 is 0 Å². The van der Waals surface area contributed by atoms with Crippen molar-refractivity contribution in [2.75, 3.05) is 20.3 Å². The van der Waals surface area contributed by atoms with Crippen molar-refractivity contribution in [3.8, 4) is 17.2 Å². The molecule has 0 aliphatic carbocycles.